The lowest BCUT2D eigenvalue weighted by Gasteiger charge is -2.20. The molecule has 1 unspecified atom stereocenters. The van der Waals surface area contributed by atoms with Gasteiger partial charge in [0.1, 0.15) is 17.7 Å². The molecule has 2 aromatic rings. The van der Waals surface area contributed by atoms with Gasteiger partial charge in [-0.2, -0.15) is 0 Å². The van der Waals surface area contributed by atoms with Crippen molar-refractivity contribution in [3.05, 3.63) is 63.4 Å². The van der Waals surface area contributed by atoms with Crippen molar-refractivity contribution in [2.45, 2.75) is 18.9 Å². The van der Waals surface area contributed by atoms with Gasteiger partial charge in [0.05, 0.1) is 6.61 Å². The fourth-order valence-corrected chi connectivity index (χ4v) is 2.79. The van der Waals surface area contributed by atoms with Crippen LogP contribution in [-0.4, -0.2) is 11.7 Å². The van der Waals surface area contributed by atoms with Crippen molar-refractivity contribution < 1.29 is 14.2 Å². The highest BCUT2D eigenvalue weighted by atomic mass is 79.9. The first-order valence-electron chi connectivity index (χ1n) is 6.54. The molecular weight excluding hydrogens is 323 g/mol. The van der Waals surface area contributed by atoms with Crippen LogP contribution in [0.1, 0.15) is 29.2 Å². The molecule has 0 radical (unpaired) electrons. The molecule has 0 aliphatic carbocycles. The van der Waals surface area contributed by atoms with Crippen molar-refractivity contribution in [3.63, 3.8) is 0 Å². The van der Waals surface area contributed by atoms with Gasteiger partial charge in [0, 0.05) is 10.0 Å². The van der Waals surface area contributed by atoms with Crippen LogP contribution >= 0.6 is 15.9 Å². The number of aryl methyl sites for hydroxylation is 1. The first-order valence-corrected chi connectivity index (χ1v) is 7.33. The molecule has 1 aliphatic heterocycles. The number of rotatable bonds is 2. The van der Waals surface area contributed by atoms with E-state index in [-0.39, 0.29) is 5.56 Å². The van der Waals surface area contributed by atoms with Crippen LogP contribution in [0.2, 0.25) is 0 Å². The fraction of sp³-hybridized carbons (Fsp3) is 0.250. The van der Waals surface area contributed by atoms with Gasteiger partial charge in [-0.25, -0.2) is 4.39 Å². The summed E-state index contributed by atoms with van der Waals surface area (Å²) in [6.45, 7) is 0.732. The Hall–Kier alpha value is -1.39. The first kappa shape index (κ1) is 13.6. The zero-order valence-electron chi connectivity index (χ0n) is 10.8. The second-order valence-electron chi connectivity index (χ2n) is 4.89. The SMILES string of the molecule is OC(c1ccc2c(c1)CCCO2)c1ccc(Br)cc1F. The molecule has 0 bridgehead atoms. The minimum Gasteiger partial charge on any atom is -0.493 e. The average Bonchev–Trinajstić information content (AvgIpc) is 2.46. The van der Waals surface area contributed by atoms with Crippen LogP contribution in [0.3, 0.4) is 0 Å². The predicted octanol–water partition coefficient (Wildman–Crippen LogP) is 3.99. The van der Waals surface area contributed by atoms with Crippen molar-refractivity contribution in [2.75, 3.05) is 6.61 Å². The number of aliphatic hydroxyl groups is 1. The maximum absolute atomic E-state index is 13.9. The van der Waals surface area contributed by atoms with Gasteiger partial charge in [-0.1, -0.05) is 28.1 Å². The number of benzene rings is 2. The largest absolute Gasteiger partial charge is 0.493 e. The zero-order chi connectivity index (χ0) is 14.1. The fourth-order valence-electron chi connectivity index (χ4n) is 2.45. The Morgan fingerprint density at radius 2 is 2.05 bits per heavy atom. The van der Waals surface area contributed by atoms with Gasteiger partial charge >= 0.3 is 0 Å². The highest BCUT2D eigenvalue weighted by molar-refractivity contribution is 9.10. The van der Waals surface area contributed by atoms with Gasteiger partial charge < -0.3 is 9.84 Å². The summed E-state index contributed by atoms with van der Waals surface area (Å²) in [5.74, 6) is 0.448. The summed E-state index contributed by atoms with van der Waals surface area (Å²) in [6.07, 6.45) is 0.938. The first-order chi connectivity index (χ1) is 9.65. The molecule has 0 saturated heterocycles. The van der Waals surface area contributed by atoms with E-state index in [2.05, 4.69) is 15.9 Å². The van der Waals surface area contributed by atoms with E-state index in [1.807, 2.05) is 12.1 Å². The molecule has 20 heavy (non-hydrogen) atoms. The van der Waals surface area contributed by atoms with E-state index in [0.29, 0.717) is 10.0 Å². The third-order valence-electron chi connectivity index (χ3n) is 3.51. The molecule has 1 atom stereocenters. The second kappa shape index (κ2) is 5.54. The lowest BCUT2D eigenvalue weighted by molar-refractivity contribution is 0.214. The van der Waals surface area contributed by atoms with Crippen LogP contribution in [0.4, 0.5) is 4.39 Å². The molecule has 2 aromatic carbocycles. The third-order valence-corrected chi connectivity index (χ3v) is 4.00. The lowest BCUT2D eigenvalue weighted by atomic mass is 9.96. The highest BCUT2D eigenvalue weighted by Gasteiger charge is 2.18. The summed E-state index contributed by atoms with van der Waals surface area (Å²) in [7, 11) is 0. The number of hydrogen-bond acceptors (Lipinski definition) is 2. The van der Waals surface area contributed by atoms with E-state index in [1.165, 1.54) is 6.07 Å². The number of hydrogen-bond donors (Lipinski definition) is 1. The maximum Gasteiger partial charge on any atom is 0.130 e. The molecule has 0 fully saturated rings. The van der Waals surface area contributed by atoms with Gasteiger partial charge in [0.2, 0.25) is 0 Å². The highest BCUT2D eigenvalue weighted by Crippen LogP contribution is 2.31. The van der Waals surface area contributed by atoms with Crippen molar-refractivity contribution in [2.24, 2.45) is 0 Å². The molecule has 0 amide bonds. The quantitative estimate of drug-likeness (QED) is 0.898. The van der Waals surface area contributed by atoms with E-state index in [1.54, 1.807) is 18.2 Å². The standard InChI is InChI=1S/C16H14BrFO2/c17-12-4-5-13(14(18)9-12)16(19)11-3-6-15-10(8-11)2-1-7-20-15/h3-6,8-9,16,19H,1-2,7H2. The molecule has 1 aliphatic rings. The molecule has 104 valence electrons. The topological polar surface area (TPSA) is 29.5 Å². The van der Waals surface area contributed by atoms with Gasteiger partial charge in [-0.3, -0.25) is 0 Å². The summed E-state index contributed by atoms with van der Waals surface area (Å²) in [4.78, 5) is 0. The predicted molar refractivity (Wildman–Crippen MR) is 78.4 cm³/mol. The van der Waals surface area contributed by atoms with E-state index in [0.717, 1.165) is 30.8 Å². The summed E-state index contributed by atoms with van der Waals surface area (Å²) >= 11 is 3.21. The van der Waals surface area contributed by atoms with Crippen molar-refractivity contribution in [1.82, 2.24) is 0 Å². The molecule has 2 nitrogen and oxygen atoms in total. The summed E-state index contributed by atoms with van der Waals surface area (Å²) in [6, 6.07) is 10.2. The van der Waals surface area contributed by atoms with Gasteiger partial charge in [0.15, 0.2) is 0 Å². The Morgan fingerprint density at radius 1 is 1.20 bits per heavy atom. The summed E-state index contributed by atoms with van der Waals surface area (Å²) < 4.78 is 20.1. The Morgan fingerprint density at radius 3 is 2.85 bits per heavy atom. The number of fused-ring (bicyclic) bond motifs is 1. The van der Waals surface area contributed by atoms with E-state index >= 15 is 0 Å². The molecule has 0 saturated carbocycles. The smallest absolute Gasteiger partial charge is 0.130 e. The molecule has 3 rings (SSSR count). The number of ether oxygens (including phenoxy) is 1. The van der Waals surface area contributed by atoms with Crippen LogP contribution in [0.5, 0.6) is 5.75 Å². The van der Waals surface area contributed by atoms with Crippen LogP contribution < -0.4 is 4.74 Å². The number of halogens is 2. The summed E-state index contributed by atoms with van der Waals surface area (Å²) in [5, 5.41) is 10.4. The van der Waals surface area contributed by atoms with Crippen molar-refractivity contribution in [3.8, 4) is 5.75 Å². The van der Waals surface area contributed by atoms with Gasteiger partial charge in [0.25, 0.3) is 0 Å². The Kier molecular flexibility index (Phi) is 3.76. The van der Waals surface area contributed by atoms with Crippen LogP contribution in [-0.2, 0) is 6.42 Å². The molecule has 4 heteroatoms. The summed E-state index contributed by atoms with van der Waals surface area (Å²) in [5.41, 5.74) is 2.05. The Labute approximate surface area is 125 Å². The minimum atomic E-state index is -0.963. The second-order valence-corrected chi connectivity index (χ2v) is 5.80. The molecular formula is C16H14BrFO2. The zero-order valence-corrected chi connectivity index (χ0v) is 12.4. The van der Waals surface area contributed by atoms with E-state index < -0.39 is 11.9 Å². The van der Waals surface area contributed by atoms with E-state index in [4.69, 9.17) is 4.74 Å². The van der Waals surface area contributed by atoms with Crippen molar-refractivity contribution >= 4 is 15.9 Å². The lowest BCUT2D eigenvalue weighted by Crippen LogP contribution is -2.10. The van der Waals surface area contributed by atoms with Crippen LogP contribution in [0, 0.1) is 5.82 Å². The minimum absolute atomic E-state index is 0.282. The Bertz CT molecular complexity index is 642. The molecule has 0 spiro atoms. The van der Waals surface area contributed by atoms with Gasteiger partial charge in [-0.15, -0.1) is 0 Å². The normalized spacial score (nSPS) is 15.3. The average molecular weight is 337 g/mol. The van der Waals surface area contributed by atoms with E-state index in [9.17, 15) is 9.50 Å². The number of aliphatic hydroxyl groups excluding tert-OH is 1. The maximum atomic E-state index is 13.9. The third kappa shape index (κ3) is 2.58. The molecule has 1 N–H and O–H groups in total. The van der Waals surface area contributed by atoms with Crippen molar-refractivity contribution in [1.29, 1.82) is 0 Å². The molecule has 1 heterocycles. The monoisotopic (exact) mass is 336 g/mol. The van der Waals surface area contributed by atoms with Gasteiger partial charge in [-0.05, 0) is 48.2 Å². The van der Waals surface area contributed by atoms with Crippen LogP contribution in [0.25, 0.3) is 0 Å². The van der Waals surface area contributed by atoms with Crippen LogP contribution in [0.15, 0.2) is 40.9 Å². The molecule has 0 aromatic heterocycles. The Balaban J connectivity index is 1.95.